The van der Waals surface area contributed by atoms with Crippen LogP contribution in [0.2, 0.25) is 0 Å². The number of rotatable bonds is 6. The molecule has 1 atom stereocenters. The SMILES string of the molecule is Cc1ccc(S(=O)(=O)N2CC[NH+](CC(=O)N[C@@H](C)C3CC3)CC2)cc1C. The van der Waals surface area contributed by atoms with Gasteiger partial charge in [0.1, 0.15) is 0 Å². The summed E-state index contributed by atoms with van der Waals surface area (Å²) in [6.45, 7) is 8.63. The zero-order chi connectivity index (χ0) is 18.9. The van der Waals surface area contributed by atoms with Gasteiger partial charge in [-0.2, -0.15) is 4.31 Å². The molecule has 3 rings (SSSR count). The topological polar surface area (TPSA) is 70.9 Å². The van der Waals surface area contributed by atoms with Crippen LogP contribution >= 0.6 is 0 Å². The summed E-state index contributed by atoms with van der Waals surface area (Å²) in [5, 5.41) is 3.08. The van der Waals surface area contributed by atoms with E-state index in [-0.39, 0.29) is 11.9 Å². The second-order valence-corrected chi connectivity index (χ2v) is 9.71. The molecule has 0 bridgehead atoms. The Labute approximate surface area is 156 Å². The number of benzene rings is 1. The predicted molar refractivity (Wildman–Crippen MR) is 101 cm³/mol. The molecular formula is C19H30N3O3S+. The number of amides is 1. The van der Waals surface area contributed by atoms with E-state index in [9.17, 15) is 13.2 Å². The van der Waals surface area contributed by atoms with Crippen LogP contribution in [-0.2, 0) is 14.8 Å². The lowest BCUT2D eigenvalue weighted by Gasteiger charge is -2.31. The van der Waals surface area contributed by atoms with Gasteiger partial charge in [0.25, 0.3) is 5.91 Å². The fraction of sp³-hybridized carbons (Fsp3) is 0.632. The highest BCUT2D eigenvalue weighted by Gasteiger charge is 2.33. The van der Waals surface area contributed by atoms with Crippen molar-refractivity contribution >= 4 is 15.9 Å². The summed E-state index contributed by atoms with van der Waals surface area (Å²) in [6, 6.07) is 5.54. The summed E-state index contributed by atoms with van der Waals surface area (Å²) < 4.78 is 27.2. The molecule has 1 heterocycles. The quantitative estimate of drug-likeness (QED) is 0.736. The molecule has 2 fully saturated rings. The second-order valence-electron chi connectivity index (χ2n) is 7.77. The van der Waals surface area contributed by atoms with E-state index in [0.29, 0.717) is 43.5 Å². The first-order valence-electron chi connectivity index (χ1n) is 9.47. The molecule has 7 heteroatoms. The van der Waals surface area contributed by atoms with E-state index < -0.39 is 10.0 Å². The molecule has 1 aromatic rings. The van der Waals surface area contributed by atoms with Gasteiger partial charge in [-0.05, 0) is 62.8 Å². The standard InChI is InChI=1S/C19H29N3O3S/c1-14-4-7-18(12-15(14)2)26(24,25)22-10-8-21(9-11-22)13-19(23)20-16(3)17-5-6-17/h4,7,12,16-17H,5-6,8-11,13H2,1-3H3,(H,20,23)/p+1/t16-/m0/s1. The number of hydrogen-bond acceptors (Lipinski definition) is 3. The minimum atomic E-state index is -3.46. The van der Waals surface area contributed by atoms with Crippen LogP contribution in [0.1, 0.15) is 30.9 Å². The van der Waals surface area contributed by atoms with Gasteiger partial charge in [-0.1, -0.05) is 6.07 Å². The summed E-state index contributed by atoms with van der Waals surface area (Å²) in [4.78, 5) is 13.7. The van der Waals surface area contributed by atoms with E-state index in [2.05, 4.69) is 12.2 Å². The van der Waals surface area contributed by atoms with Crippen molar-refractivity contribution in [2.24, 2.45) is 5.92 Å². The maximum absolute atomic E-state index is 12.8. The fourth-order valence-electron chi connectivity index (χ4n) is 3.49. The zero-order valence-electron chi connectivity index (χ0n) is 15.9. The summed E-state index contributed by atoms with van der Waals surface area (Å²) in [6.07, 6.45) is 2.42. The summed E-state index contributed by atoms with van der Waals surface area (Å²) in [5.41, 5.74) is 2.07. The fourth-order valence-corrected chi connectivity index (χ4v) is 5.02. The van der Waals surface area contributed by atoms with Gasteiger partial charge in [0.05, 0.1) is 31.1 Å². The van der Waals surface area contributed by atoms with E-state index in [1.807, 2.05) is 19.9 Å². The van der Waals surface area contributed by atoms with Crippen molar-refractivity contribution in [2.45, 2.75) is 44.6 Å². The van der Waals surface area contributed by atoms with Gasteiger partial charge in [-0.3, -0.25) is 4.79 Å². The number of nitrogens with one attached hydrogen (secondary N) is 2. The number of quaternary nitrogens is 1. The first-order valence-corrected chi connectivity index (χ1v) is 10.9. The van der Waals surface area contributed by atoms with Crippen LogP contribution in [0, 0.1) is 19.8 Å². The van der Waals surface area contributed by atoms with E-state index in [0.717, 1.165) is 16.0 Å². The number of aryl methyl sites for hydroxylation is 2. The maximum atomic E-state index is 12.8. The average Bonchev–Trinajstić information content (AvgIpc) is 3.42. The molecule has 0 spiro atoms. The van der Waals surface area contributed by atoms with E-state index in [1.165, 1.54) is 12.8 Å². The van der Waals surface area contributed by atoms with E-state index >= 15 is 0 Å². The van der Waals surface area contributed by atoms with Crippen molar-refractivity contribution in [2.75, 3.05) is 32.7 Å². The van der Waals surface area contributed by atoms with Crippen molar-refractivity contribution < 1.29 is 18.1 Å². The largest absolute Gasteiger partial charge is 0.348 e. The van der Waals surface area contributed by atoms with Crippen LogP contribution < -0.4 is 10.2 Å². The molecule has 2 N–H and O–H groups in total. The van der Waals surface area contributed by atoms with E-state index in [4.69, 9.17) is 0 Å². The molecule has 6 nitrogen and oxygen atoms in total. The molecule has 1 aliphatic heterocycles. The molecule has 2 aliphatic rings. The third-order valence-corrected chi connectivity index (χ3v) is 7.57. The summed E-state index contributed by atoms with van der Waals surface area (Å²) >= 11 is 0. The van der Waals surface area contributed by atoms with Gasteiger partial charge in [0, 0.05) is 6.04 Å². The Morgan fingerprint density at radius 1 is 1.23 bits per heavy atom. The van der Waals surface area contributed by atoms with Crippen molar-refractivity contribution in [1.82, 2.24) is 9.62 Å². The molecule has 0 aromatic heterocycles. The van der Waals surface area contributed by atoms with Gasteiger partial charge in [0.15, 0.2) is 6.54 Å². The smallest absolute Gasteiger partial charge is 0.275 e. The molecule has 1 aromatic carbocycles. The van der Waals surface area contributed by atoms with Gasteiger partial charge in [-0.15, -0.1) is 0 Å². The van der Waals surface area contributed by atoms with Crippen LogP contribution in [0.15, 0.2) is 23.1 Å². The number of carbonyl (C=O) groups excluding carboxylic acids is 1. The second kappa shape index (κ2) is 7.66. The highest BCUT2D eigenvalue weighted by Crippen LogP contribution is 2.32. The molecule has 26 heavy (non-hydrogen) atoms. The molecule has 1 aliphatic carbocycles. The van der Waals surface area contributed by atoms with Gasteiger partial charge >= 0.3 is 0 Å². The van der Waals surface area contributed by atoms with E-state index in [1.54, 1.807) is 16.4 Å². The minimum absolute atomic E-state index is 0.0740. The molecule has 0 radical (unpaired) electrons. The molecular weight excluding hydrogens is 350 g/mol. The van der Waals surface area contributed by atoms with Gasteiger partial charge in [-0.25, -0.2) is 8.42 Å². The monoisotopic (exact) mass is 380 g/mol. The van der Waals surface area contributed by atoms with Crippen LogP contribution in [0.5, 0.6) is 0 Å². The third-order valence-electron chi connectivity index (χ3n) is 5.67. The van der Waals surface area contributed by atoms with Crippen LogP contribution in [0.4, 0.5) is 0 Å². The lowest BCUT2D eigenvalue weighted by Crippen LogP contribution is -3.15. The maximum Gasteiger partial charge on any atom is 0.275 e. The highest BCUT2D eigenvalue weighted by atomic mass is 32.2. The molecule has 1 saturated carbocycles. The number of piperazine rings is 1. The van der Waals surface area contributed by atoms with Gasteiger partial charge in [0.2, 0.25) is 10.0 Å². The van der Waals surface area contributed by atoms with Crippen molar-refractivity contribution in [3.63, 3.8) is 0 Å². The molecule has 1 amide bonds. The Balaban J connectivity index is 1.53. The Bertz CT molecular complexity index is 766. The first kappa shape index (κ1) is 19.3. The highest BCUT2D eigenvalue weighted by molar-refractivity contribution is 7.89. The molecule has 144 valence electrons. The van der Waals surface area contributed by atoms with Crippen molar-refractivity contribution in [1.29, 1.82) is 0 Å². The normalized spacial score (nSPS) is 20.7. The zero-order valence-corrected chi connectivity index (χ0v) is 16.7. The first-order chi connectivity index (χ1) is 12.3. The lowest BCUT2D eigenvalue weighted by atomic mass is 10.1. The third kappa shape index (κ3) is 4.45. The van der Waals surface area contributed by atoms with Crippen molar-refractivity contribution in [3.8, 4) is 0 Å². The number of sulfonamides is 1. The van der Waals surface area contributed by atoms with Crippen LogP contribution in [0.3, 0.4) is 0 Å². The average molecular weight is 381 g/mol. The van der Waals surface area contributed by atoms with Crippen molar-refractivity contribution in [3.05, 3.63) is 29.3 Å². The summed E-state index contributed by atoms with van der Waals surface area (Å²) in [5.74, 6) is 0.721. The van der Waals surface area contributed by atoms with Gasteiger partial charge < -0.3 is 10.2 Å². The molecule has 1 saturated heterocycles. The summed E-state index contributed by atoms with van der Waals surface area (Å²) in [7, 11) is -3.46. The Hall–Kier alpha value is -1.44. The minimum Gasteiger partial charge on any atom is -0.348 e. The van der Waals surface area contributed by atoms with Crippen LogP contribution in [0.25, 0.3) is 0 Å². The Morgan fingerprint density at radius 2 is 1.88 bits per heavy atom. The Morgan fingerprint density at radius 3 is 2.46 bits per heavy atom. The molecule has 0 unspecified atom stereocenters. The number of nitrogens with zero attached hydrogens (tertiary/aromatic N) is 1. The number of carbonyl (C=O) groups is 1. The van der Waals surface area contributed by atoms with Crippen LogP contribution in [-0.4, -0.2) is 57.4 Å². The Kier molecular flexibility index (Phi) is 5.69. The number of hydrogen-bond donors (Lipinski definition) is 2. The lowest BCUT2D eigenvalue weighted by molar-refractivity contribution is -0.895. The predicted octanol–water partition coefficient (Wildman–Crippen LogP) is 0.107.